The highest BCUT2D eigenvalue weighted by atomic mass is 19.3. The zero-order valence-electron chi connectivity index (χ0n) is 9.31. The summed E-state index contributed by atoms with van der Waals surface area (Å²) in [6.45, 7) is 3.19. The fraction of sp³-hybridized carbons (Fsp3) is 1.00. The lowest BCUT2D eigenvalue weighted by Gasteiger charge is -2.30. The molecular formula is C9H20F2N2O. The third-order valence-electron chi connectivity index (χ3n) is 2.00. The van der Waals surface area contributed by atoms with Crippen molar-refractivity contribution < 1.29 is 13.5 Å². The summed E-state index contributed by atoms with van der Waals surface area (Å²) in [4.78, 5) is 1.52. The topological polar surface area (TPSA) is 38.5 Å². The van der Waals surface area contributed by atoms with Gasteiger partial charge in [-0.15, -0.1) is 0 Å². The number of nitrogens with two attached hydrogens (primary N) is 1. The quantitative estimate of drug-likeness (QED) is 0.709. The van der Waals surface area contributed by atoms with Crippen LogP contribution in [0.3, 0.4) is 0 Å². The molecule has 0 unspecified atom stereocenters. The minimum absolute atomic E-state index is 0.337. The second kappa shape index (κ2) is 5.00. The molecule has 0 aliphatic rings. The van der Waals surface area contributed by atoms with Crippen LogP contribution in [0.1, 0.15) is 13.8 Å². The first-order chi connectivity index (χ1) is 6.22. The summed E-state index contributed by atoms with van der Waals surface area (Å²) in [7, 11) is 3.19. The van der Waals surface area contributed by atoms with Crippen LogP contribution < -0.4 is 5.73 Å². The van der Waals surface area contributed by atoms with E-state index < -0.39 is 18.1 Å². The highest BCUT2D eigenvalue weighted by Gasteiger charge is 2.30. The number of halogens is 2. The maximum Gasteiger partial charge on any atom is 0.272 e. The average molecular weight is 210 g/mol. The van der Waals surface area contributed by atoms with Crippen molar-refractivity contribution in [2.24, 2.45) is 5.73 Å². The maximum atomic E-state index is 12.9. The van der Waals surface area contributed by atoms with Gasteiger partial charge in [-0.25, -0.2) is 8.78 Å². The number of nitrogens with zero attached hydrogens (tertiary/aromatic N) is 1. The molecule has 0 bridgehead atoms. The maximum absolute atomic E-state index is 12.9. The molecule has 0 saturated heterocycles. The van der Waals surface area contributed by atoms with Crippen molar-refractivity contribution in [3.8, 4) is 0 Å². The molecule has 0 amide bonds. The molecule has 0 saturated carbocycles. The Morgan fingerprint density at radius 3 is 2.14 bits per heavy atom. The van der Waals surface area contributed by atoms with E-state index in [1.807, 2.05) is 13.8 Å². The Labute approximate surface area is 84.2 Å². The lowest BCUT2D eigenvalue weighted by molar-refractivity contribution is -0.0484. The van der Waals surface area contributed by atoms with Gasteiger partial charge in [-0.3, -0.25) is 4.90 Å². The van der Waals surface area contributed by atoms with Gasteiger partial charge >= 0.3 is 0 Å². The number of likely N-dealkylation sites (N-methyl/N-ethyl adjacent to an activating group) is 1. The van der Waals surface area contributed by atoms with Crippen LogP contribution >= 0.6 is 0 Å². The number of alkyl halides is 2. The van der Waals surface area contributed by atoms with Gasteiger partial charge < -0.3 is 10.5 Å². The highest BCUT2D eigenvalue weighted by Crippen LogP contribution is 2.15. The Hall–Kier alpha value is -0.260. The number of ether oxygens (including phenoxy) is 1. The molecule has 0 radical (unpaired) electrons. The minimum Gasteiger partial charge on any atom is -0.377 e. The zero-order valence-corrected chi connectivity index (χ0v) is 9.31. The van der Waals surface area contributed by atoms with Crippen LogP contribution in [0.5, 0.6) is 0 Å². The summed E-state index contributed by atoms with van der Waals surface area (Å²) in [5.74, 6) is -2.82. The summed E-state index contributed by atoms with van der Waals surface area (Å²) < 4.78 is 30.9. The van der Waals surface area contributed by atoms with Crippen LogP contribution in [0.15, 0.2) is 0 Å². The predicted octanol–water partition coefficient (Wildman–Crippen LogP) is 0.937. The number of hydrogen-bond acceptors (Lipinski definition) is 3. The summed E-state index contributed by atoms with van der Waals surface area (Å²) in [5.41, 5.74) is 4.53. The molecule has 86 valence electrons. The first-order valence-electron chi connectivity index (χ1n) is 4.54. The van der Waals surface area contributed by atoms with Crippen molar-refractivity contribution in [2.75, 3.05) is 33.8 Å². The van der Waals surface area contributed by atoms with E-state index in [4.69, 9.17) is 10.5 Å². The predicted molar refractivity (Wildman–Crippen MR) is 52.6 cm³/mol. The Morgan fingerprint density at radius 1 is 1.29 bits per heavy atom. The number of hydrogen-bond donors (Lipinski definition) is 1. The zero-order chi connectivity index (χ0) is 11.4. The van der Waals surface area contributed by atoms with Gasteiger partial charge in [-0.05, 0) is 20.9 Å². The molecule has 3 nitrogen and oxygen atoms in total. The smallest absolute Gasteiger partial charge is 0.272 e. The molecule has 0 heterocycles. The van der Waals surface area contributed by atoms with Crippen LogP contribution in [0.25, 0.3) is 0 Å². The number of methoxy groups -OCH3 is 1. The third-order valence-corrected chi connectivity index (χ3v) is 2.00. The van der Waals surface area contributed by atoms with Crippen LogP contribution in [0.4, 0.5) is 8.78 Å². The Kier molecular flexibility index (Phi) is 4.91. The largest absolute Gasteiger partial charge is 0.377 e. The Bertz CT molecular complexity index is 156. The summed E-state index contributed by atoms with van der Waals surface area (Å²) in [6.07, 6.45) is 0. The van der Waals surface area contributed by atoms with Gasteiger partial charge in [0.2, 0.25) is 0 Å². The lowest BCUT2D eigenvalue weighted by atomic mass is 10.1. The molecule has 0 aromatic rings. The summed E-state index contributed by atoms with van der Waals surface area (Å²) >= 11 is 0. The minimum atomic E-state index is -2.82. The van der Waals surface area contributed by atoms with Crippen molar-refractivity contribution in [3.63, 3.8) is 0 Å². The van der Waals surface area contributed by atoms with E-state index in [-0.39, 0.29) is 6.54 Å². The SMILES string of the molecule is COC(C)(C)CN(C)CC(F)(F)CN. The van der Waals surface area contributed by atoms with Crippen LogP contribution in [-0.4, -0.2) is 50.2 Å². The van der Waals surface area contributed by atoms with E-state index in [1.165, 1.54) is 4.90 Å². The van der Waals surface area contributed by atoms with Crippen molar-refractivity contribution in [1.82, 2.24) is 4.90 Å². The molecule has 0 atom stereocenters. The molecule has 0 aromatic heterocycles. The van der Waals surface area contributed by atoms with Gasteiger partial charge in [-0.2, -0.15) is 0 Å². The lowest BCUT2D eigenvalue weighted by Crippen LogP contribution is -2.45. The molecule has 2 N–H and O–H groups in total. The molecule has 0 aromatic carbocycles. The normalized spacial score (nSPS) is 13.7. The first kappa shape index (κ1) is 13.7. The average Bonchev–Trinajstić information content (AvgIpc) is 2.02. The molecular weight excluding hydrogens is 190 g/mol. The van der Waals surface area contributed by atoms with Gasteiger partial charge in [0, 0.05) is 13.7 Å². The van der Waals surface area contributed by atoms with Crippen molar-refractivity contribution in [1.29, 1.82) is 0 Å². The van der Waals surface area contributed by atoms with E-state index in [1.54, 1.807) is 14.2 Å². The second-order valence-electron chi connectivity index (χ2n) is 4.20. The molecule has 0 rings (SSSR count). The molecule has 0 aliphatic heterocycles. The molecule has 0 fully saturated rings. The molecule has 14 heavy (non-hydrogen) atoms. The summed E-state index contributed by atoms with van der Waals surface area (Å²) in [5, 5.41) is 0. The van der Waals surface area contributed by atoms with Gasteiger partial charge in [0.1, 0.15) is 0 Å². The highest BCUT2D eigenvalue weighted by molar-refractivity contribution is 4.77. The van der Waals surface area contributed by atoms with E-state index >= 15 is 0 Å². The van der Waals surface area contributed by atoms with Crippen LogP contribution in [-0.2, 0) is 4.74 Å². The Balaban J connectivity index is 4.04. The Morgan fingerprint density at radius 2 is 1.79 bits per heavy atom. The van der Waals surface area contributed by atoms with Crippen molar-refractivity contribution >= 4 is 0 Å². The summed E-state index contributed by atoms with van der Waals surface area (Å²) in [6, 6.07) is 0. The third kappa shape index (κ3) is 5.47. The fourth-order valence-corrected chi connectivity index (χ4v) is 1.23. The fourth-order valence-electron chi connectivity index (χ4n) is 1.23. The van der Waals surface area contributed by atoms with Crippen molar-refractivity contribution in [3.05, 3.63) is 0 Å². The monoisotopic (exact) mass is 210 g/mol. The molecule has 0 aliphatic carbocycles. The van der Waals surface area contributed by atoms with E-state index in [0.717, 1.165) is 0 Å². The molecule has 5 heteroatoms. The van der Waals surface area contributed by atoms with Gasteiger partial charge in [0.05, 0.1) is 18.7 Å². The van der Waals surface area contributed by atoms with Gasteiger partial charge in [0.15, 0.2) is 0 Å². The van der Waals surface area contributed by atoms with Crippen LogP contribution in [0, 0.1) is 0 Å². The molecule has 0 spiro atoms. The van der Waals surface area contributed by atoms with Crippen LogP contribution in [0.2, 0.25) is 0 Å². The standard InChI is InChI=1S/C9H20F2N2O/c1-8(2,14-4)6-13(3)7-9(10,11)5-12/h5-7,12H2,1-4H3. The van der Waals surface area contributed by atoms with Gasteiger partial charge in [0.25, 0.3) is 5.92 Å². The first-order valence-corrected chi connectivity index (χ1v) is 4.54. The number of rotatable bonds is 6. The van der Waals surface area contributed by atoms with E-state index in [2.05, 4.69) is 0 Å². The van der Waals surface area contributed by atoms with E-state index in [9.17, 15) is 8.78 Å². The van der Waals surface area contributed by atoms with E-state index in [0.29, 0.717) is 6.54 Å². The van der Waals surface area contributed by atoms with Crippen molar-refractivity contribution in [2.45, 2.75) is 25.4 Å². The van der Waals surface area contributed by atoms with Gasteiger partial charge in [-0.1, -0.05) is 0 Å². The second-order valence-corrected chi connectivity index (χ2v) is 4.20.